The first kappa shape index (κ1) is 14.7. The summed E-state index contributed by atoms with van der Waals surface area (Å²) < 4.78 is 13.3. The van der Waals surface area contributed by atoms with Gasteiger partial charge in [-0.15, -0.1) is 0 Å². The van der Waals surface area contributed by atoms with Gasteiger partial charge in [-0.25, -0.2) is 4.39 Å². The largest absolute Gasteiger partial charge is 0.396 e. The second kappa shape index (κ2) is 6.19. The molecule has 1 aromatic carbocycles. The molecule has 0 radical (unpaired) electrons. The van der Waals surface area contributed by atoms with Crippen molar-refractivity contribution in [2.24, 2.45) is 0 Å². The van der Waals surface area contributed by atoms with Crippen LogP contribution in [0.3, 0.4) is 0 Å². The normalized spacial score (nSPS) is 20.9. The number of nitrogens with zero attached hydrogens (tertiary/aromatic N) is 2. The Morgan fingerprint density at radius 3 is 2.90 bits per heavy atom. The van der Waals surface area contributed by atoms with Gasteiger partial charge >= 0.3 is 0 Å². The lowest BCUT2D eigenvalue weighted by Gasteiger charge is -2.37. The van der Waals surface area contributed by atoms with Crippen molar-refractivity contribution in [1.29, 1.82) is 0 Å². The minimum atomic E-state index is -0.563. The molecule has 1 unspecified atom stereocenters. The summed E-state index contributed by atoms with van der Waals surface area (Å²) in [6.07, 6.45) is 0. The van der Waals surface area contributed by atoms with E-state index in [1.807, 2.05) is 7.05 Å². The van der Waals surface area contributed by atoms with Crippen molar-refractivity contribution in [3.8, 4) is 0 Å². The van der Waals surface area contributed by atoms with Crippen molar-refractivity contribution in [1.82, 2.24) is 15.1 Å². The molecule has 1 atom stereocenters. The van der Waals surface area contributed by atoms with E-state index < -0.39 is 5.82 Å². The molecule has 1 amide bonds. The van der Waals surface area contributed by atoms with Gasteiger partial charge in [0.25, 0.3) is 5.91 Å². The molecule has 5 nitrogen and oxygen atoms in total. The quantitative estimate of drug-likeness (QED) is 0.786. The number of hydrogen-bond donors (Lipinski definition) is 2. The number of carbonyl (C=O) groups is 1. The van der Waals surface area contributed by atoms with Crippen molar-refractivity contribution >= 4 is 11.6 Å². The minimum absolute atomic E-state index is 0.0511. The van der Waals surface area contributed by atoms with Crippen LogP contribution in [-0.4, -0.2) is 62.0 Å². The van der Waals surface area contributed by atoms with Crippen LogP contribution < -0.4 is 11.1 Å². The molecule has 1 aliphatic rings. The zero-order valence-electron chi connectivity index (χ0n) is 11.9. The van der Waals surface area contributed by atoms with Crippen molar-refractivity contribution < 1.29 is 9.18 Å². The van der Waals surface area contributed by atoms with E-state index >= 15 is 0 Å². The summed E-state index contributed by atoms with van der Waals surface area (Å²) in [5, 5.41) is 2.85. The third-order valence-electron chi connectivity index (χ3n) is 3.74. The van der Waals surface area contributed by atoms with E-state index in [-0.39, 0.29) is 17.6 Å². The fourth-order valence-corrected chi connectivity index (χ4v) is 2.30. The van der Waals surface area contributed by atoms with E-state index in [2.05, 4.69) is 22.2 Å². The van der Waals surface area contributed by atoms with Crippen LogP contribution in [-0.2, 0) is 0 Å². The molecular weight excluding hydrogens is 259 g/mol. The van der Waals surface area contributed by atoms with Crippen molar-refractivity contribution in [3.05, 3.63) is 29.6 Å². The number of amides is 1. The van der Waals surface area contributed by atoms with E-state index in [4.69, 9.17) is 5.73 Å². The highest BCUT2D eigenvalue weighted by Gasteiger charge is 2.22. The van der Waals surface area contributed by atoms with Crippen molar-refractivity contribution in [2.75, 3.05) is 46.0 Å². The average molecular weight is 280 g/mol. The summed E-state index contributed by atoms with van der Waals surface area (Å²) in [4.78, 5) is 16.5. The maximum Gasteiger partial charge on any atom is 0.251 e. The molecule has 3 N–H and O–H groups in total. The highest BCUT2D eigenvalue weighted by atomic mass is 19.1. The van der Waals surface area contributed by atoms with E-state index in [0.29, 0.717) is 12.1 Å². The predicted octanol–water partition coefficient (Wildman–Crippen LogP) is 0.384. The number of piperazine rings is 1. The molecule has 1 fully saturated rings. The minimum Gasteiger partial charge on any atom is -0.396 e. The summed E-state index contributed by atoms with van der Waals surface area (Å²) in [6.45, 7) is 3.47. The number of nitrogens with two attached hydrogens (primary N) is 1. The Morgan fingerprint density at radius 1 is 1.45 bits per heavy atom. The molecule has 0 saturated carbocycles. The Morgan fingerprint density at radius 2 is 2.20 bits per heavy atom. The summed E-state index contributed by atoms with van der Waals surface area (Å²) in [5.41, 5.74) is 5.74. The number of likely N-dealkylation sites (N-methyl/N-ethyl adjacent to an activating group) is 2. The number of halogens is 1. The number of benzene rings is 1. The van der Waals surface area contributed by atoms with Gasteiger partial charge in [-0.3, -0.25) is 9.69 Å². The topological polar surface area (TPSA) is 61.6 Å². The molecule has 0 aromatic heterocycles. The number of carbonyl (C=O) groups excluding carboxylic acids is 1. The van der Waals surface area contributed by atoms with Crippen LogP contribution in [0, 0.1) is 5.82 Å². The highest BCUT2D eigenvalue weighted by molar-refractivity contribution is 5.94. The van der Waals surface area contributed by atoms with Crippen LogP contribution in [0.5, 0.6) is 0 Å². The molecule has 1 heterocycles. The van der Waals surface area contributed by atoms with E-state index in [0.717, 1.165) is 19.6 Å². The first-order valence-corrected chi connectivity index (χ1v) is 6.69. The lowest BCUT2D eigenvalue weighted by molar-refractivity contribution is 0.0881. The SMILES string of the molecule is CN1CCN(C)C(CNC(=O)c2ccc(N)c(F)c2)C1. The summed E-state index contributed by atoms with van der Waals surface area (Å²) in [5.74, 6) is -0.835. The second-order valence-electron chi connectivity index (χ2n) is 5.34. The molecule has 0 aliphatic carbocycles. The van der Waals surface area contributed by atoms with Crippen LogP contribution in [0.2, 0.25) is 0 Å². The number of nitrogens with one attached hydrogen (secondary N) is 1. The maximum absolute atomic E-state index is 13.3. The smallest absolute Gasteiger partial charge is 0.251 e. The fourth-order valence-electron chi connectivity index (χ4n) is 2.30. The van der Waals surface area contributed by atoms with Crippen LogP contribution in [0.15, 0.2) is 18.2 Å². The Labute approximate surface area is 118 Å². The van der Waals surface area contributed by atoms with Crippen LogP contribution in [0.4, 0.5) is 10.1 Å². The Bertz CT molecular complexity index is 494. The Hall–Kier alpha value is -1.66. The summed E-state index contributed by atoms with van der Waals surface area (Å²) in [7, 11) is 4.11. The van der Waals surface area contributed by atoms with Gasteiger partial charge in [0, 0.05) is 37.8 Å². The van der Waals surface area contributed by atoms with Gasteiger partial charge in [-0.2, -0.15) is 0 Å². The monoisotopic (exact) mass is 280 g/mol. The number of nitrogen functional groups attached to an aromatic ring is 1. The number of hydrogen-bond acceptors (Lipinski definition) is 4. The van der Waals surface area contributed by atoms with Gasteiger partial charge in [0.15, 0.2) is 0 Å². The zero-order valence-corrected chi connectivity index (χ0v) is 11.9. The lowest BCUT2D eigenvalue weighted by Crippen LogP contribution is -2.54. The molecule has 1 aliphatic heterocycles. The molecule has 0 bridgehead atoms. The molecular formula is C14H21FN4O. The van der Waals surface area contributed by atoms with E-state index in [1.165, 1.54) is 18.2 Å². The van der Waals surface area contributed by atoms with E-state index in [9.17, 15) is 9.18 Å². The standard InChI is InChI=1S/C14H21FN4O/c1-18-5-6-19(2)11(9-18)8-17-14(20)10-3-4-13(16)12(15)7-10/h3-4,7,11H,5-6,8-9,16H2,1-2H3,(H,17,20). The van der Waals surface area contributed by atoms with Gasteiger partial charge < -0.3 is 16.0 Å². The summed E-state index contributed by atoms with van der Waals surface area (Å²) >= 11 is 0. The summed E-state index contributed by atoms with van der Waals surface area (Å²) in [6, 6.07) is 4.38. The first-order valence-electron chi connectivity index (χ1n) is 6.69. The van der Waals surface area contributed by atoms with Crippen LogP contribution in [0.25, 0.3) is 0 Å². The fraction of sp³-hybridized carbons (Fsp3) is 0.500. The van der Waals surface area contributed by atoms with Crippen LogP contribution in [0.1, 0.15) is 10.4 Å². The highest BCUT2D eigenvalue weighted by Crippen LogP contribution is 2.12. The van der Waals surface area contributed by atoms with Gasteiger partial charge in [0.2, 0.25) is 0 Å². The van der Waals surface area contributed by atoms with Gasteiger partial charge in [-0.1, -0.05) is 0 Å². The van der Waals surface area contributed by atoms with Crippen molar-refractivity contribution in [2.45, 2.75) is 6.04 Å². The Balaban J connectivity index is 1.92. The molecule has 2 rings (SSSR count). The number of anilines is 1. The molecule has 110 valence electrons. The van der Waals surface area contributed by atoms with Gasteiger partial charge in [0.1, 0.15) is 5.82 Å². The average Bonchev–Trinajstić information content (AvgIpc) is 2.42. The third kappa shape index (κ3) is 3.46. The maximum atomic E-state index is 13.3. The third-order valence-corrected chi connectivity index (χ3v) is 3.74. The van der Waals surface area contributed by atoms with Crippen LogP contribution >= 0.6 is 0 Å². The first-order chi connectivity index (χ1) is 9.47. The molecule has 0 spiro atoms. The Kier molecular flexibility index (Phi) is 4.57. The molecule has 20 heavy (non-hydrogen) atoms. The second-order valence-corrected chi connectivity index (χ2v) is 5.34. The lowest BCUT2D eigenvalue weighted by atomic mass is 10.1. The van der Waals surface area contributed by atoms with Gasteiger partial charge in [0.05, 0.1) is 5.69 Å². The molecule has 1 aromatic rings. The zero-order chi connectivity index (χ0) is 14.7. The van der Waals surface area contributed by atoms with Crippen molar-refractivity contribution in [3.63, 3.8) is 0 Å². The molecule has 6 heteroatoms. The van der Waals surface area contributed by atoms with E-state index in [1.54, 1.807) is 0 Å². The van der Waals surface area contributed by atoms with Gasteiger partial charge in [-0.05, 0) is 32.3 Å². The predicted molar refractivity (Wildman–Crippen MR) is 77.1 cm³/mol. The molecule has 1 saturated heterocycles. The number of rotatable bonds is 3.